The Kier molecular flexibility index (Phi) is 6.80. The summed E-state index contributed by atoms with van der Waals surface area (Å²) >= 11 is 0. The summed E-state index contributed by atoms with van der Waals surface area (Å²) in [4.78, 5) is 14.5. The molecule has 3 atom stereocenters. The van der Waals surface area contributed by atoms with E-state index in [0.29, 0.717) is 31.4 Å². The van der Waals surface area contributed by atoms with Crippen molar-refractivity contribution in [3.05, 3.63) is 0 Å². The third-order valence-electron chi connectivity index (χ3n) is 3.86. The van der Waals surface area contributed by atoms with Gasteiger partial charge >= 0.3 is 0 Å². The van der Waals surface area contributed by atoms with E-state index < -0.39 is 0 Å². The fourth-order valence-corrected chi connectivity index (χ4v) is 2.78. The molecule has 4 heteroatoms. The molecule has 0 aromatic heterocycles. The minimum absolute atomic E-state index is 0.146. The van der Waals surface area contributed by atoms with E-state index in [1.165, 1.54) is 0 Å². The first-order valence-corrected chi connectivity index (χ1v) is 7.59. The quantitative estimate of drug-likeness (QED) is 0.803. The minimum atomic E-state index is 0.146. The van der Waals surface area contributed by atoms with Crippen molar-refractivity contribution >= 4 is 5.91 Å². The second-order valence-corrected chi connectivity index (χ2v) is 6.19. The van der Waals surface area contributed by atoms with Crippen molar-refractivity contribution in [1.82, 2.24) is 4.90 Å². The smallest absolute Gasteiger partial charge is 0.223 e. The molecule has 1 amide bonds. The molecule has 3 unspecified atom stereocenters. The second-order valence-electron chi connectivity index (χ2n) is 6.19. The number of nitrogens with two attached hydrogens (primary N) is 1. The van der Waals surface area contributed by atoms with E-state index >= 15 is 0 Å². The van der Waals surface area contributed by atoms with E-state index in [9.17, 15) is 4.79 Å². The lowest BCUT2D eigenvalue weighted by Gasteiger charge is -2.39. The van der Waals surface area contributed by atoms with Gasteiger partial charge in [-0.2, -0.15) is 0 Å². The Labute approximate surface area is 117 Å². The van der Waals surface area contributed by atoms with Crippen molar-refractivity contribution in [2.24, 2.45) is 17.6 Å². The normalized spacial score (nSPS) is 25.7. The highest BCUT2D eigenvalue weighted by Crippen LogP contribution is 2.20. The van der Waals surface area contributed by atoms with Gasteiger partial charge in [-0.1, -0.05) is 20.8 Å². The van der Waals surface area contributed by atoms with Gasteiger partial charge in [0.2, 0.25) is 5.91 Å². The SMILES string of the molecule is CCC1COC(C)CN1C(=O)CC(CN)CC(C)C. The van der Waals surface area contributed by atoms with Crippen LogP contribution in [0.25, 0.3) is 0 Å². The lowest BCUT2D eigenvalue weighted by molar-refractivity contribution is -0.145. The van der Waals surface area contributed by atoms with Gasteiger partial charge in [0.05, 0.1) is 18.8 Å². The summed E-state index contributed by atoms with van der Waals surface area (Å²) in [6.07, 6.45) is 2.71. The number of carbonyl (C=O) groups is 1. The molecule has 19 heavy (non-hydrogen) atoms. The van der Waals surface area contributed by atoms with E-state index in [-0.39, 0.29) is 18.1 Å². The van der Waals surface area contributed by atoms with E-state index in [4.69, 9.17) is 10.5 Å². The van der Waals surface area contributed by atoms with Crippen LogP contribution in [0.15, 0.2) is 0 Å². The monoisotopic (exact) mass is 270 g/mol. The molecule has 1 aliphatic rings. The van der Waals surface area contributed by atoms with Gasteiger partial charge < -0.3 is 15.4 Å². The number of ether oxygens (including phenoxy) is 1. The summed E-state index contributed by atoms with van der Waals surface area (Å²) < 4.78 is 5.64. The van der Waals surface area contributed by atoms with E-state index in [2.05, 4.69) is 20.8 Å². The summed E-state index contributed by atoms with van der Waals surface area (Å²) in [5.74, 6) is 1.15. The molecule has 1 saturated heterocycles. The van der Waals surface area contributed by atoms with Crippen LogP contribution in [0, 0.1) is 11.8 Å². The molecule has 0 radical (unpaired) electrons. The summed E-state index contributed by atoms with van der Waals surface area (Å²) in [7, 11) is 0. The summed E-state index contributed by atoms with van der Waals surface area (Å²) in [5.41, 5.74) is 5.80. The van der Waals surface area contributed by atoms with Crippen LogP contribution in [-0.2, 0) is 9.53 Å². The van der Waals surface area contributed by atoms with Gasteiger partial charge in [-0.05, 0) is 38.1 Å². The molecule has 2 N–H and O–H groups in total. The van der Waals surface area contributed by atoms with Gasteiger partial charge in [0.15, 0.2) is 0 Å². The van der Waals surface area contributed by atoms with Gasteiger partial charge in [-0.15, -0.1) is 0 Å². The number of hydrogen-bond donors (Lipinski definition) is 1. The molecule has 0 bridgehead atoms. The maximum atomic E-state index is 12.5. The first-order valence-electron chi connectivity index (χ1n) is 7.59. The van der Waals surface area contributed by atoms with Gasteiger partial charge in [0.1, 0.15) is 0 Å². The average Bonchev–Trinajstić information content (AvgIpc) is 2.37. The van der Waals surface area contributed by atoms with Crippen molar-refractivity contribution in [2.45, 2.75) is 59.1 Å². The predicted octanol–water partition coefficient (Wildman–Crippen LogP) is 2.02. The van der Waals surface area contributed by atoms with E-state index in [0.717, 1.165) is 19.4 Å². The lowest BCUT2D eigenvalue weighted by atomic mass is 9.93. The largest absolute Gasteiger partial charge is 0.375 e. The Morgan fingerprint density at radius 1 is 1.47 bits per heavy atom. The fraction of sp³-hybridized carbons (Fsp3) is 0.933. The Bertz CT molecular complexity index is 281. The predicted molar refractivity (Wildman–Crippen MR) is 77.8 cm³/mol. The van der Waals surface area contributed by atoms with Crippen LogP contribution < -0.4 is 5.73 Å². The van der Waals surface area contributed by atoms with Crippen LogP contribution >= 0.6 is 0 Å². The third kappa shape index (κ3) is 5.11. The van der Waals surface area contributed by atoms with Crippen molar-refractivity contribution in [3.8, 4) is 0 Å². The van der Waals surface area contributed by atoms with Gasteiger partial charge in [-0.3, -0.25) is 4.79 Å². The number of amides is 1. The van der Waals surface area contributed by atoms with Gasteiger partial charge in [0.25, 0.3) is 0 Å². The maximum Gasteiger partial charge on any atom is 0.223 e. The molecule has 0 aliphatic carbocycles. The van der Waals surface area contributed by atoms with Crippen LogP contribution in [0.4, 0.5) is 0 Å². The second kappa shape index (κ2) is 7.85. The molecule has 0 aromatic carbocycles. The number of hydrogen-bond acceptors (Lipinski definition) is 3. The van der Waals surface area contributed by atoms with Crippen molar-refractivity contribution in [3.63, 3.8) is 0 Å². The first-order chi connectivity index (χ1) is 8.97. The highest BCUT2D eigenvalue weighted by Gasteiger charge is 2.30. The molecular weight excluding hydrogens is 240 g/mol. The maximum absolute atomic E-state index is 12.5. The zero-order chi connectivity index (χ0) is 14.4. The van der Waals surface area contributed by atoms with E-state index in [1.54, 1.807) is 0 Å². The molecule has 0 spiro atoms. The molecule has 112 valence electrons. The van der Waals surface area contributed by atoms with Crippen LogP contribution in [0.2, 0.25) is 0 Å². The number of morpholine rings is 1. The molecule has 1 fully saturated rings. The van der Waals surface area contributed by atoms with Gasteiger partial charge in [0, 0.05) is 13.0 Å². The highest BCUT2D eigenvalue weighted by atomic mass is 16.5. The fourth-order valence-electron chi connectivity index (χ4n) is 2.78. The zero-order valence-electron chi connectivity index (χ0n) is 12.9. The van der Waals surface area contributed by atoms with E-state index in [1.807, 2.05) is 11.8 Å². The van der Waals surface area contributed by atoms with Crippen LogP contribution in [-0.4, -0.2) is 42.6 Å². The van der Waals surface area contributed by atoms with Crippen LogP contribution in [0.5, 0.6) is 0 Å². The average molecular weight is 270 g/mol. The molecular formula is C15H30N2O2. The minimum Gasteiger partial charge on any atom is -0.375 e. The summed E-state index contributed by atoms with van der Waals surface area (Å²) in [5, 5.41) is 0. The number of nitrogens with zero attached hydrogens (tertiary/aromatic N) is 1. The zero-order valence-corrected chi connectivity index (χ0v) is 12.9. The molecule has 1 aliphatic heterocycles. The summed E-state index contributed by atoms with van der Waals surface area (Å²) in [6.45, 7) is 10.5. The lowest BCUT2D eigenvalue weighted by Crippen LogP contribution is -2.51. The number of rotatable bonds is 6. The molecule has 1 heterocycles. The van der Waals surface area contributed by atoms with Crippen molar-refractivity contribution in [1.29, 1.82) is 0 Å². The Balaban J connectivity index is 2.58. The number of carbonyl (C=O) groups excluding carboxylic acids is 1. The standard InChI is InChI=1S/C15H30N2O2/c1-5-14-10-19-12(4)9-17(14)15(18)7-13(8-16)6-11(2)3/h11-14H,5-10,16H2,1-4H3. The Morgan fingerprint density at radius 2 is 2.16 bits per heavy atom. The first kappa shape index (κ1) is 16.4. The summed E-state index contributed by atoms with van der Waals surface area (Å²) in [6, 6.07) is 0.237. The molecule has 4 nitrogen and oxygen atoms in total. The van der Waals surface area contributed by atoms with Crippen LogP contribution in [0.1, 0.15) is 47.0 Å². The molecule has 1 rings (SSSR count). The van der Waals surface area contributed by atoms with Gasteiger partial charge in [-0.25, -0.2) is 0 Å². The molecule has 0 saturated carbocycles. The topological polar surface area (TPSA) is 55.6 Å². The Hall–Kier alpha value is -0.610. The third-order valence-corrected chi connectivity index (χ3v) is 3.86. The van der Waals surface area contributed by atoms with Crippen LogP contribution in [0.3, 0.4) is 0 Å². The molecule has 0 aromatic rings. The highest BCUT2D eigenvalue weighted by molar-refractivity contribution is 5.77. The Morgan fingerprint density at radius 3 is 2.68 bits per heavy atom. The van der Waals surface area contributed by atoms with Crippen molar-refractivity contribution < 1.29 is 9.53 Å². The van der Waals surface area contributed by atoms with Crippen molar-refractivity contribution in [2.75, 3.05) is 19.7 Å².